The van der Waals surface area contributed by atoms with E-state index in [1.807, 2.05) is 0 Å². The lowest BCUT2D eigenvalue weighted by Gasteiger charge is -2.36. The van der Waals surface area contributed by atoms with E-state index >= 15 is 0 Å². The number of allylic oxidation sites excluding steroid dienone is 4. The van der Waals surface area contributed by atoms with Crippen LogP contribution in [0.1, 0.15) is 81.3 Å². The van der Waals surface area contributed by atoms with Crippen molar-refractivity contribution < 1.29 is 0 Å². The minimum absolute atomic E-state index is 0.190. The molecule has 0 N–H and O–H groups in total. The summed E-state index contributed by atoms with van der Waals surface area (Å²) in [7, 11) is 0. The average Bonchev–Trinajstić information content (AvgIpc) is 3.02. The number of rotatable bonds is 6. The summed E-state index contributed by atoms with van der Waals surface area (Å²) in [5.41, 5.74) is 17.5. The second kappa shape index (κ2) is 11.4. The van der Waals surface area contributed by atoms with Gasteiger partial charge < -0.3 is 0 Å². The zero-order valence-corrected chi connectivity index (χ0v) is 29.4. The van der Waals surface area contributed by atoms with E-state index in [0.29, 0.717) is 18.4 Å². The van der Waals surface area contributed by atoms with Gasteiger partial charge in [-0.05, 0) is 120 Å². The van der Waals surface area contributed by atoms with Crippen molar-refractivity contribution in [3.05, 3.63) is 129 Å². The third-order valence-corrected chi connectivity index (χ3v) is 11.7. The minimum Gasteiger partial charge on any atom is -0.0788 e. The van der Waals surface area contributed by atoms with E-state index in [1.165, 1.54) is 82.6 Å². The zero-order valence-electron chi connectivity index (χ0n) is 29.4. The lowest BCUT2D eigenvalue weighted by atomic mass is 9.28. The lowest BCUT2D eigenvalue weighted by molar-refractivity contribution is 0.506. The van der Waals surface area contributed by atoms with E-state index in [9.17, 15) is 0 Å². The topological polar surface area (TPSA) is 0 Å². The van der Waals surface area contributed by atoms with Crippen LogP contribution in [0.3, 0.4) is 0 Å². The number of hydrogen-bond donors (Lipinski definition) is 0. The Hall–Kier alpha value is -3.84. The van der Waals surface area contributed by atoms with E-state index in [2.05, 4.69) is 147 Å². The Morgan fingerprint density at radius 3 is 2.15 bits per heavy atom. The van der Waals surface area contributed by atoms with Gasteiger partial charge in [-0.3, -0.25) is 0 Å². The normalized spacial score (nSPS) is 17.8. The van der Waals surface area contributed by atoms with E-state index in [4.69, 9.17) is 0 Å². The van der Waals surface area contributed by atoms with Crippen LogP contribution < -0.4 is 10.9 Å². The highest BCUT2D eigenvalue weighted by Gasteiger charge is 2.38. The molecular formula is C45H49B. The van der Waals surface area contributed by atoms with Crippen molar-refractivity contribution in [2.45, 2.75) is 92.8 Å². The first kappa shape index (κ1) is 30.8. The first-order valence-electron chi connectivity index (χ1n) is 17.5. The van der Waals surface area contributed by atoms with Crippen LogP contribution in [0.25, 0.3) is 32.7 Å². The van der Waals surface area contributed by atoms with Gasteiger partial charge in [-0.25, -0.2) is 0 Å². The van der Waals surface area contributed by atoms with Crippen molar-refractivity contribution in [2.24, 2.45) is 5.92 Å². The van der Waals surface area contributed by atoms with Crippen molar-refractivity contribution in [2.75, 3.05) is 0 Å². The smallest absolute Gasteiger partial charge is 0.0788 e. The standard InChI is InChI=1S/C45H49B/c1-10-45(8,9)36-17-11-33(12-18-36)37-19-13-34-15-21-39-40(22-16-35-14-20-38(37)41(34)42(35)39)46(43-29(4)23-27(2)24-30(43)5)44-31(6)25-28(3)26-32(44)7/h11-14,16-20,22-26,29,43H,10,15,21H2,1-9H3. The second-order valence-corrected chi connectivity index (χ2v) is 15.3. The van der Waals surface area contributed by atoms with Crippen LogP contribution in [-0.4, -0.2) is 6.71 Å². The SMILES string of the molecule is CCC(C)(C)c1ccc(-c2ccc3c4c2ccc2ccc(B(c5c(C)cc(C)cc5C)C5C(C)=CC(C)=CC5C)c(c24)CC3)cc1. The van der Waals surface area contributed by atoms with E-state index in [0.717, 1.165) is 19.3 Å². The molecule has 2 atom stereocenters. The van der Waals surface area contributed by atoms with Gasteiger partial charge in [0.1, 0.15) is 0 Å². The molecule has 0 fully saturated rings. The molecule has 0 saturated heterocycles. The van der Waals surface area contributed by atoms with Gasteiger partial charge in [0.05, 0.1) is 0 Å². The van der Waals surface area contributed by atoms with Gasteiger partial charge in [0, 0.05) is 0 Å². The fraction of sp³-hybridized carbons (Fsp3) is 0.333. The van der Waals surface area contributed by atoms with Crippen LogP contribution >= 0.6 is 0 Å². The second-order valence-electron chi connectivity index (χ2n) is 15.3. The summed E-state index contributed by atoms with van der Waals surface area (Å²) in [6.45, 7) is 21.3. The molecule has 0 bridgehead atoms. The summed E-state index contributed by atoms with van der Waals surface area (Å²) >= 11 is 0. The summed E-state index contributed by atoms with van der Waals surface area (Å²) in [6.07, 6.45) is 8.27. The average molecular weight is 601 g/mol. The van der Waals surface area contributed by atoms with E-state index < -0.39 is 0 Å². The molecule has 2 unspecified atom stereocenters. The fourth-order valence-electron chi connectivity index (χ4n) is 9.22. The maximum absolute atomic E-state index is 2.50. The molecule has 0 nitrogen and oxygen atoms in total. The molecule has 0 spiro atoms. The Balaban J connectivity index is 1.48. The van der Waals surface area contributed by atoms with Crippen LogP contribution in [0.15, 0.2) is 96.1 Å². The Morgan fingerprint density at radius 1 is 0.783 bits per heavy atom. The highest BCUT2D eigenvalue weighted by atomic mass is 14.3. The monoisotopic (exact) mass is 600 g/mol. The van der Waals surface area contributed by atoms with Gasteiger partial charge in [0.2, 0.25) is 6.71 Å². The number of benzene rings is 5. The van der Waals surface area contributed by atoms with Gasteiger partial charge in [-0.1, -0.05) is 151 Å². The molecule has 0 heterocycles. The number of aryl methyl sites for hydroxylation is 5. The Bertz CT molecular complexity index is 2040. The van der Waals surface area contributed by atoms with Crippen LogP contribution in [0, 0.1) is 26.7 Å². The van der Waals surface area contributed by atoms with Gasteiger partial charge in [0.25, 0.3) is 0 Å². The minimum atomic E-state index is 0.190. The molecule has 1 heteroatoms. The maximum Gasteiger partial charge on any atom is 0.218 e. The summed E-state index contributed by atoms with van der Waals surface area (Å²) in [4.78, 5) is 0. The highest BCUT2D eigenvalue weighted by molar-refractivity contribution is 6.88. The molecule has 2 aliphatic rings. The van der Waals surface area contributed by atoms with Gasteiger partial charge in [0.15, 0.2) is 0 Å². The van der Waals surface area contributed by atoms with Crippen LogP contribution in [0.2, 0.25) is 5.82 Å². The van der Waals surface area contributed by atoms with E-state index in [1.54, 1.807) is 5.56 Å². The van der Waals surface area contributed by atoms with E-state index in [-0.39, 0.29) is 5.41 Å². The first-order chi connectivity index (χ1) is 22.0. The van der Waals surface area contributed by atoms with Crippen LogP contribution in [-0.2, 0) is 18.3 Å². The van der Waals surface area contributed by atoms with Crippen molar-refractivity contribution in [1.82, 2.24) is 0 Å². The molecule has 7 rings (SSSR count). The molecule has 0 radical (unpaired) electrons. The Kier molecular flexibility index (Phi) is 7.66. The molecule has 0 amide bonds. The summed E-state index contributed by atoms with van der Waals surface area (Å²) in [6, 6.07) is 28.7. The van der Waals surface area contributed by atoms with Crippen LogP contribution in [0.4, 0.5) is 0 Å². The van der Waals surface area contributed by atoms with Crippen molar-refractivity contribution in [3.8, 4) is 11.1 Å². The van der Waals surface area contributed by atoms with Crippen molar-refractivity contribution >= 4 is 39.2 Å². The van der Waals surface area contributed by atoms with Gasteiger partial charge in [-0.15, -0.1) is 0 Å². The first-order valence-corrected chi connectivity index (χ1v) is 17.5. The maximum atomic E-state index is 2.50. The molecule has 0 saturated carbocycles. The van der Waals surface area contributed by atoms with Crippen molar-refractivity contribution in [1.29, 1.82) is 0 Å². The molecule has 2 aliphatic carbocycles. The van der Waals surface area contributed by atoms with Crippen molar-refractivity contribution in [3.63, 3.8) is 0 Å². The zero-order chi connectivity index (χ0) is 32.5. The van der Waals surface area contributed by atoms with Crippen LogP contribution in [0.5, 0.6) is 0 Å². The highest BCUT2D eigenvalue weighted by Crippen LogP contribution is 2.42. The summed E-state index contributed by atoms with van der Waals surface area (Å²) in [5.74, 6) is 0.896. The Labute approximate surface area is 277 Å². The van der Waals surface area contributed by atoms with Gasteiger partial charge in [-0.2, -0.15) is 0 Å². The molecule has 232 valence electrons. The third kappa shape index (κ3) is 4.99. The predicted octanol–water partition coefficient (Wildman–Crippen LogP) is 10.9. The molecular weight excluding hydrogens is 551 g/mol. The summed E-state index contributed by atoms with van der Waals surface area (Å²) in [5, 5.41) is 5.74. The number of hydrogen-bond acceptors (Lipinski definition) is 0. The lowest BCUT2D eigenvalue weighted by Crippen LogP contribution is -2.52. The molecule has 0 aromatic heterocycles. The largest absolute Gasteiger partial charge is 0.218 e. The predicted molar refractivity (Wildman–Crippen MR) is 204 cm³/mol. The Morgan fingerprint density at radius 2 is 1.48 bits per heavy atom. The quantitative estimate of drug-likeness (QED) is 0.134. The molecule has 5 aromatic rings. The molecule has 46 heavy (non-hydrogen) atoms. The molecule has 0 aliphatic heterocycles. The summed E-state index contributed by atoms with van der Waals surface area (Å²) < 4.78 is 0. The molecule has 5 aromatic carbocycles. The third-order valence-electron chi connectivity index (χ3n) is 11.7. The fourth-order valence-corrected chi connectivity index (χ4v) is 9.22. The van der Waals surface area contributed by atoms with Gasteiger partial charge >= 0.3 is 0 Å².